The molecule has 2 aromatic rings. The average Bonchev–Trinajstić information content (AvgIpc) is 1.63. The van der Waals surface area contributed by atoms with Gasteiger partial charge in [-0.1, -0.05) is 0 Å². The molecule has 0 aliphatic carbocycles. The van der Waals surface area contributed by atoms with Crippen molar-refractivity contribution in [1.82, 2.24) is 14.2 Å². The first-order valence-corrected chi connectivity index (χ1v) is 12.2. The number of halogens is 4. The molecule has 0 radical (unpaired) electrons. The van der Waals surface area contributed by atoms with E-state index >= 15 is 4.39 Å². The molecule has 10 nitrogen and oxygen atoms in total. The number of carbonyl (C=O) groups excluding carboxylic acids is 2. The van der Waals surface area contributed by atoms with Crippen LogP contribution in [0.15, 0.2) is 23.2 Å². The number of nitrogens with one attached hydrogen (secondary N) is 2. The van der Waals surface area contributed by atoms with Crippen LogP contribution in [0.2, 0.25) is 0 Å². The largest absolute Gasteiger partial charge is 0.450 e. The quantitative estimate of drug-likeness (QED) is 0.183. The van der Waals surface area contributed by atoms with Crippen molar-refractivity contribution in [2.75, 3.05) is 31.6 Å². The van der Waals surface area contributed by atoms with Crippen LogP contribution in [0.4, 0.5) is 28.0 Å². The van der Waals surface area contributed by atoms with Gasteiger partial charge in [0.25, 0.3) is 5.91 Å². The lowest BCUT2D eigenvalue weighted by Crippen LogP contribution is -2.41. The van der Waals surface area contributed by atoms with Crippen LogP contribution in [-0.2, 0) is 21.8 Å². The second-order valence-corrected chi connectivity index (χ2v) is 9.76. The Bertz CT molecular complexity index is 1360. The number of hydrogen-bond acceptors (Lipinski definition) is 6. The number of carbonyl (C=O) groups is 2. The highest BCUT2D eigenvalue weighted by Gasteiger charge is 2.39. The molecule has 2 atom stereocenters. The molecule has 3 rings (SSSR count). The summed E-state index contributed by atoms with van der Waals surface area (Å²) in [7, 11) is -3.39. The number of aliphatic hydroxyl groups is 1. The molecular weight excluding hydrogens is 512 g/mol. The molecule has 2 unspecified atom stereocenters. The first kappa shape index (κ1) is 4.73. The van der Waals surface area contributed by atoms with Gasteiger partial charge in [-0.3, -0.25) is 4.79 Å². The maximum absolute atomic E-state index is 15.2. The summed E-state index contributed by atoms with van der Waals surface area (Å²) in [4.78, 5) is 25.0. The van der Waals surface area contributed by atoms with Gasteiger partial charge in [-0.05, 0) is 19.3 Å². The molecule has 15 heteroatoms. The number of aliphatic hydroxyl groups excluding tert-OH is 1. The van der Waals surface area contributed by atoms with E-state index in [0.29, 0.717) is 12.1 Å². The van der Waals surface area contributed by atoms with Crippen LogP contribution >= 0.6 is 0 Å². The van der Waals surface area contributed by atoms with Crippen molar-refractivity contribution in [1.29, 1.82) is 0 Å². The number of likely N-dealkylation sites (tertiary alicyclic amines) is 1. The van der Waals surface area contributed by atoms with Crippen molar-refractivity contribution in [2.24, 2.45) is 13.0 Å². The lowest BCUT2D eigenvalue weighted by Gasteiger charge is -2.18. The second kappa shape index (κ2) is 10.8. The van der Waals surface area contributed by atoms with Gasteiger partial charge in [0, 0.05) is 204 Å². The smallest absolute Gasteiger partial charge is 0.409 e. The number of anilines is 1. The monoisotopic (exact) mass is 737 g/mol. The molecule has 298 valence electrons. The summed E-state index contributed by atoms with van der Waals surface area (Å²) < 4.78 is 579. The van der Waals surface area contributed by atoms with Crippen LogP contribution in [0.5, 0.6) is 0 Å². The average molecular weight is 737 g/mol. The maximum Gasteiger partial charge on any atom is 0.409 e. The Kier molecular flexibility index (Phi) is 1.43. The topological polar surface area (TPSA) is 130 Å². The zero-order valence-corrected chi connectivity index (χ0v) is 20.0. The van der Waals surface area contributed by atoms with Gasteiger partial charge in [-0.2, -0.15) is 0 Å². The lowest BCUT2D eigenvalue weighted by molar-refractivity contribution is 0.101. The van der Waals surface area contributed by atoms with E-state index in [1.165, 1.54) is 11.9 Å². The van der Waals surface area contributed by atoms with E-state index in [4.69, 9.17) is 150 Å². The fourth-order valence-electron chi connectivity index (χ4n) is 3.92. The molecule has 3 N–H and O–H groups in total. The minimum atomic E-state index is -4.57. The molecule has 2 amide bonds. The highest BCUT2D eigenvalue weighted by Crippen LogP contribution is 2.26. The Morgan fingerprint density at radius 2 is 1.83 bits per heavy atom. The van der Waals surface area contributed by atoms with E-state index in [-0.39, 0.29) is 34.2 Å². The Morgan fingerprint density at radius 3 is 2.42 bits per heavy atom. The van der Waals surface area contributed by atoms with E-state index in [2.05, 4.69) is 4.72 Å². The van der Waals surface area contributed by atoms with Crippen LogP contribution in [-0.4, -0.2) is 67.3 Å². The Labute approximate surface area is 356 Å². The van der Waals surface area contributed by atoms with Gasteiger partial charge >= 0.3 is 6.09 Å². The Morgan fingerprint density at radius 1 is 1.19 bits per heavy atom. The number of sulfonamides is 1. The van der Waals surface area contributed by atoms with E-state index in [1.807, 2.05) is 5.32 Å². The molecule has 1 aromatic carbocycles. The summed E-state index contributed by atoms with van der Waals surface area (Å²) in [5, 5.41) is 11.3. The molecule has 36 heavy (non-hydrogen) atoms. The number of hydrogen-bond donors (Lipinski definition) is 3. The molecule has 1 aliphatic rings. The zero-order valence-electron chi connectivity index (χ0n) is 117. The van der Waals surface area contributed by atoms with Crippen LogP contribution < -0.4 is 10.0 Å². The SMILES string of the molecule is CCOC(=O)N1CC(CCO)C(NS(=O)(=O)c2cn(C)c(C(=O)Nc3cc(F)c(F)c(F)c3)c2F)C1.[2HH].[2H][2H].[2H][2H].[2H][2H].[2H][2H].[2H][2H].[2H][2H].[2H][2H].[2H][2H].[2H][2H].[2H][2H].[2H][2H].[2H][2H].[2H][2H].[2H][2H].[2H][2H].[2H][2H].[2H][2H].[2H][2H].[2H][2H].[2H][2H].[2H][2H].[2H][2H].[2H][2H].[2H][2H].[2H][2H].[2H][2H].[2H][2H].[2H][2H].[2H][2H].[2H][2H].[2H][2H].[2H][2H].[2H][2H].[2H][2H].[2H][2H].[2H][2H].[2H][2H].[2H][2H].[2H][2H].[2H][2H].[2H][2H].[2H][2H].[2H][2H].[2H][2H].[2H][2H].[2H][2H].[2H][2H].[2H][2H].[2H][2H]. The third-order valence-corrected chi connectivity index (χ3v) is 7.08. The van der Waals surface area contributed by atoms with Crippen molar-refractivity contribution >= 4 is 27.7 Å². The predicted octanol–water partition coefficient (Wildman–Crippen LogP) is 14.3. The number of aryl methyl sites for hydroxylation is 1. The summed E-state index contributed by atoms with van der Waals surface area (Å²) >= 11 is 0. The van der Waals surface area contributed by atoms with Crippen molar-refractivity contribution in [3.05, 3.63) is 47.3 Å². The Hall–Kier alpha value is -3.17. The van der Waals surface area contributed by atoms with Crippen molar-refractivity contribution in [3.63, 3.8) is 0 Å². The van der Waals surface area contributed by atoms with Gasteiger partial charge in [0.05, 0.1) is 6.61 Å². The Balaban J connectivity index is -0.0000000142. The normalized spacial score (nSPS) is 28.8. The van der Waals surface area contributed by atoms with Crippen molar-refractivity contribution < 1.29 is 192 Å². The van der Waals surface area contributed by atoms with Crippen molar-refractivity contribution in [3.8, 4) is 0 Å². The molecule has 2 heterocycles. The minimum absolute atomic E-state index is 0. The summed E-state index contributed by atoms with van der Waals surface area (Å²) in [5.74, 6) is -8.11. The molecule has 0 saturated carbocycles. The number of aromatic nitrogens is 1. The summed E-state index contributed by atoms with van der Waals surface area (Å²) in [6.45, 7) is 1.44. The highest BCUT2D eigenvalue weighted by atomic mass is 32.2. The number of ether oxygens (including phenoxy) is 1. The first-order valence-electron chi connectivity index (χ1n) is 59.7. The third-order valence-electron chi connectivity index (χ3n) is 5.61. The second-order valence-electron chi connectivity index (χ2n) is 8.08. The predicted molar refractivity (Wildman–Crippen MR) is 223 cm³/mol. The minimum Gasteiger partial charge on any atom is -0.450 e. The fraction of sp³-hybridized carbons (Fsp3) is 0.429. The number of amides is 2. The molecule has 0 bridgehead atoms. The maximum atomic E-state index is 15.2. The van der Waals surface area contributed by atoms with Crippen LogP contribution in [0.25, 0.3) is 0 Å². The van der Waals surface area contributed by atoms with Crippen LogP contribution in [0.1, 0.15) is 171 Å². The van der Waals surface area contributed by atoms with Gasteiger partial charge in [0.15, 0.2) is 23.3 Å². The van der Waals surface area contributed by atoms with Gasteiger partial charge in [-0.15, -0.1) is 0 Å². The molecule has 1 saturated heterocycles. The molecular formula is C21H124F4N4O6S. The van der Waals surface area contributed by atoms with Gasteiger partial charge in [0.1, 0.15) is 10.6 Å². The molecule has 1 aliphatic heterocycles. The van der Waals surface area contributed by atoms with Crippen molar-refractivity contribution in [2.45, 2.75) is 24.3 Å². The highest BCUT2D eigenvalue weighted by molar-refractivity contribution is 7.89. The van der Waals surface area contributed by atoms with Crippen LogP contribution in [0, 0.1) is 29.2 Å². The van der Waals surface area contributed by atoms with E-state index in [0.717, 1.165) is 10.8 Å². The number of nitrogens with zero attached hydrogens (tertiary/aromatic N) is 2. The van der Waals surface area contributed by atoms with E-state index in [9.17, 15) is 36.3 Å². The fourth-order valence-corrected chi connectivity index (χ4v) is 5.35. The standard InChI is InChI=1S/C21H24F4N4O6S.50H2/c1-3-35-21(32)29-8-11(4-5-30)15(9-29)27-36(33,34)16-10-28(2)19(18(16)25)20(31)26-12-6-13(22)17(24)14(23)7-12;;;;;;;;;;;;;;;;;;;;;;;;;;;;;;;;;;;;;;;;;;;;;;;;;;/h6-7,10-11,15,27,30H,3-5,8-9H2,1-2H3,(H,26,31);50*1H/i;49*1+1D;1+1. The number of rotatable bonds is 8. The lowest BCUT2D eigenvalue weighted by atomic mass is 10.0. The number of benzene rings is 1. The van der Waals surface area contributed by atoms with Crippen LogP contribution in [0.3, 0.4) is 0 Å². The van der Waals surface area contributed by atoms with E-state index in [1.54, 1.807) is 6.92 Å². The van der Waals surface area contributed by atoms with E-state index < -0.39 is 73.5 Å². The zero-order chi connectivity index (χ0) is 125. The first-order chi connectivity index (χ1) is 65.9. The molecule has 1 aromatic heterocycles. The molecule has 1 fully saturated rings. The third kappa shape index (κ3) is 5.63. The van der Waals surface area contributed by atoms with Gasteiger partial charge in [-0.25, -0.2) is 35.5 Å². The summed E-state index contributed by atoms with van der Waals surface area (Å²) in [6, 6.07) is 0.0775. The van der Waals surface area contributed by atoms with Gasteiger partial charge in [0.2, 0.25) is 10.0 Å². The summed E-state index contributed by atoms with van der Waals surface area (Å²) in [6.07, 6.45) is 0.316. The summed E-state index contributed by atoms with van der Waals surface area (Å²) in [5.41, 5.74) is -1.29. The molecule has 0 spiro atoms. The van der Waals surface area contributed by atoms with Gasteiger partial charge < -0.3 is 24.6 Å².